The van der Waals surface area contributed by atoms with Gasteiger partial charge in [0.15, 0.2) is 17.8 Å². The van der Waals surface area contributed by atoms with Crippen LogP contribution in [-0.4, -0.2) is 20.7 Å². The summed E-state index contributed by atoms with van der Waals surface area (Å²) in [6.45, 7) is 0. The second-order valence-electron chi connectivity index (χ2n) is 5.77. The fourth-order valence-corrected chi connectivity index (χ4v) is 3.11. The minimum Gasteiger partial charge on any atom is -0.243 e. The zero-order valence-corrected chi connectivity index (χ0v) is 10.7. The maximum Gasteiger partial charge on any atom is 0.259 e. The van der Waals surface area contributed by atoms with E-state index in [1.807, 2.05) is 24.3 Å². The van der Waals surface area contributed by atoms with Gasteiger partial charge in [-0.2, -0.15) is 5.10 Å². The van der Waals surface area contributed by atoms with Crippen molar-refractivity contribution < 1.29 is 13.2 Å². The van der Waals surface area contributed by atoms with Gasteiger partial charge in [0.1, 0.15) is 0 Å². The van der Waals surface area contributed by atoms with E-state index in [0.29, 0.717) is 6.42 Å². The predicted molar refractivity (Wildman–Crippen MR) is 66.2 cm³/mol. The van der Waals surface area contributed by atoms with E-state index < -0.39 is 18.0 Å². The van der Waals surface area contributed by atoms with Crippen LogP contribution < -0.4 is 0 Å². The molecule has 4 rings (SSSR count). The molecule has 1 fully saturated rings. The molecule has 0 bridgehead atoms. The predicted octanol–water partition coefficient (Wildman–Crippen LogP) is 3.49. The largest absolute Gasteiger partial charge is 0.259 e. The fourth-order valence-electron chi connectivity index (χ4n) is 3.11. The van der Waals surface area contributed by atoms with Crippen LogP contribution in [-0.2, 0) is 0 Å². The molecule has 6 heteroatoms. The summed E-state index contributed by atoms with van der Waals surface area (Å²) < 4.78 is 41.8. The van der Waals surface area contributed by atoms with E-state index >= 15 is 0 Å². The highest BCUT2D eigenvalue weighted by Crippen LogP contribution is 2.55. The Morgan fingerprint density at radius 1 is 1.30 bits per heavy atom. The molecule has 0 aromatic carbocycles. The number of aromatic nitrogens is 3. The topological polar surface area (TPSA) is 30.7 Å². The van der Waals surface area contributed by atoms with Gasteiger partial charge in [-0.15, -0.1) is 0 Å². The van der Waals surface area contributed by atoms with Gasteiger partial charge >= 0.3 is 0 Å². The molecule has 2 unspecified atom stereocenters. The molecular formula is C14H14F3N3. The number of halogens is 3. The molecule has 0 spiro atoms. The van der Waals surface area contributed by atoms with Gasteiger partial charge in [-0.25, -0.2) is 22.8 Å². The molecule has 1 aromatic heterocycles. The molecule has 0 saturated heterocycles. The van der Waals surface area contributed by atoms with Crippen LogP contribution in [0.25, 0.3) is 0 Å². The molecular weight excluding hydrogens is 267 g/mol. The highest BCUT2D eigenvalue weighted by molar-refractivity contribution is 5.20. The number of hydrogen-bond acceptors (Lipinski definition) is 2. The smallest absolute Gasteiger partial charge is 0.243 e. The van der Waals surface area contributed by atoms with Crippen LogP contribution in [0.15, 0.2) is 24.3 Å². The van der Waals surface area contributed by atoms with Gasteiger partial charge in [0.25, 0.3) is 5.92 Å². The van der Waals surface area contributed by atoms with Crippen LogP contribution in [0.3, 0.4) is 0 Å². The lowest BCUT2D eigenvalue weighted by Gasteiger charge is -2.21. The zero-order chi connectivity index (χ0) is 13.9. The maximum atomic E-state index is 14.1. The Balaban J connectivity index is 1.65. The number of alkyl halides is 3. The first-order valence-corrected chi connectivity index (χ1v) is 6.88. The van der Waals surface area contributed by atoms with Crippen molar-refractivity contribution >= 4 is 0 Å². The Labute approximate surface area is 114 Å². The van der Waals surface area contributed by atoms with Crippen LogP contribution in [0, 0.1) is 5.92 Å². The minimum atomic E-state index is -2.71. The third kappa shape index (κ3) is 1.73. The summed E-state index contributed by atoms with van der Waals surface area (Å²) in [5.41, 5.74) is 0. The standard InChI is InChI=1S/C14H14F3N3/c15-10-6-11(8-4-2-1-3-5-8)20-13(10)18-12(19-20)9-7-14(9,16)17/h1-4,8-11H,5-7H2/t8?,9?,10-,11-/m0/s1. The second kappa shape index (κ2) is 3.96. The van der Waals surface area contributed by atoms with Crippen molar-refractivity contribution in [3.05, 3.63) is 36.0 Å². The van der Waals surface area contributed by atoms with Crippen molar-refractivity contribution in [2.75, 3.05) is 0 Å². The molecule has 0 amide bonds. The van der Waals surface area contributed by atoms with E-state index in [-0.39, 0.29) is 30.0 Å². The van der Waals surface area contributed by atoms with E-state index in [0.717, 1.165) is 6.42 Å². The number of nitrogens with zero attached hydrogens (tertiary/aromatic N) is 3. The minimum absolute atomic E-state index is 0.104. The van der Waals surface area contributed by atoms with Crippen LogP contribution in [0.2, 0.25) is 0 Å². The second-order valence-corrected chi connectivity index (χ2v) is 5.77. The zero-order valence-electron chi connectivity index (χ0n) is 10.7. The third-order valence-corrected chi connectivity index (χ3v) is 4.36. The first-order valence-electron chi connectivity index (χ1n) is 6.88. The molecule has 1 aliphatic heterocycles. The van der Waals surface area contributed by atoms with Gasteiger partial charge in [0, 0.05) is 18.8 Å². The first kappa shape index (κ1) is 12.2. The number of allylic oxidation sites excluding steroid dienone is 4. The SMILES string of the molecule is F[C@H]1C[C@@H](C2C=CC=CC2)n2nc(C3CC3(F)F)nc21. The van der Waals surface area contributed by atoms with E-state index in [1.165, 1.54) is 0 Å². The molecule has 2 aliphatic carbocycles. The van der Waals surface area contributed by atoms with Gasteiger partial charge in [-0.3, -0.25) is 0 Å². The van der Waals surface area contributed by atoms with E-state index in [1.54, 1.807) is 4.68 Å². The molecule has 0 radical (unpaired) electrons. The number of hydrogen-bond donors (Lipinski definition) is 0. The maximum absolute atomic E-state index is 14.1. The van der Waals surface area contributed by atoms with Crippen molar-refractivity contribution in [2.24, 2.45) is 5.92 Å². The van der Waals surface area contributed by atoms with Crippen molar-refractivity contribution in [2.45, 2.75) is 43.3 Å². The summed E-state index contributed by atoms with van der Waals surface area (Å²) in [4.78, 5) is 4.03. The summed E-state index contributed by atoms with van der Waals surface area (Å²) >= 11 is 0. The Hall–Kier alpha value is -1.59. The van der Waals surface area contributed by atoms with Gasteiger partial charge in [0.05, 0.1) is 12.0 Å². The molecule has 20 heavy (non-hydrogen) atoms. The van der Waals surface area contributed by atoms with Gasteiger partial charge in [-0.1, -0.05) is 24.3 Å². The van der Waals surface area contributed by atoms with Crippen LogP contribution in [0.5, 0.6) is 0 Å². The highest BCUT2D eigenvalue weighted by atomic mass is 19.3. The Bertz CT molecular complexity index is 605. The van der Waals surface area contributed by atoms with Crippen LogP contribution in [0.4, 0.5) is 13.2 Å². The summed E-state index contributed by atoms with van der Waals surface area (Å²) in [5, 5.41) is 4.18. The summed E-state index contributed by atoms with van der Waals surface area (Å²) in [7, 11) is 0. The Kier molecular flexibility index (Phi) is 2.41. The Morgan fingerprint density at radius 3 is 2.75 bits per heavy atom. The molecule has 3 aliphatic rings. The van der Waals surface area contributed by atoms with Crippen molar-refractivity contribution in [1.29, 1.82) is 0 Å². The van der Waals surface area contributed by atoms with Gasteiger partial charge < -0.3 is 0 Å². The number of fused-ring (bicyclic) bond motifs is 1. The molecule has 1 aromatic rings. The van der Waals surface area contributed by atoms with Crippen LogP contribution in [0.1, 0.15) is 49.0 Å². The summed E-state index contributed by atoms with van der Waals surface area (Å²) in [6.07, 6.45) is 7.69. The van der Waals surface area contributed by atoms with Gasteiger partial charge in [-0.05, 0) is 6.42 Å². The lowest BCUT2D eigenvalue weighted by molar-refractivity contribution is 0.110. The van der Waals surface area contributed by atoms with Crippen molar-refractivity contribution in [3.8, 4) is 0 Å². The average molecular weight is 281 g/mol. The normalized spacial score (nSPS) is 37.1. The fraction of sp³-hybridized carbons (Fsp3) is 0.571. The average Bonchev–Trinajstić information content (AvgIpc) is 2.80. The lowest BCUT2D eigenvalue weighted by atomic mass is 9.91. The van der Waals surface area contributed by atoms with E-state index in [4.69, 9.17) is 0 Å². The Morgan fingerprint density at radius 2 is 2.10 bits per heavy atom. The van der Waals surface area contributed by atoms with Crippen LogP contribution >= 0.6 is 0 Å². The van der Waals surface area contributed by atoms with E-state index in [9.17, 15) is 13.2 Å². The first-order chi connectivity index (χ1) is 9.56. The number of rotatable bonds is 2. The molecule has 106 valence electrons. The lowest BCUT2D eigenvalue weighted by Crippen LogP contribution is -2.16. The van der Waals surface area contributed by atoms with E-state index in [2.05, 4.69) is 10.1 Å². The quantitative estimate of drug-likeness (QED) is 0.830. The molecule has 0 N–H and O–H groups in total. The summed E-state index contributed by atoms with van der Waals surface area (Å²) in [5.74, 6) is -3.15. The monoisotopic (exact) mass is 281 g/mol. The van der Waals surface area contributed by atoms with Crippen molar-refractivity contribution in [1.82, 2.24) is 14.8 Å². The molecule has 2 heterocycles. The van der Waals surface area contributed by atoms with Gasteiger partial charge in [0.2, 0.25) is 0 Å². The molecule has 4 atom stereocenters. The summed E-state index contributed by atoms with van der Waals surface area (Å²) in [6, 6.07) is -0.116. The molecule has 3 nitrogen and oxygen atoms in total. The molecule has 1 saturated carbocycles. The third-order valence-electron chi connectivity index (χ3n) is 4.36. The highest BCUT2D eigenvalue weighted by Gasteiger charge is 2.60. The van der Waals surface area contributed by atoms with Crippen molar-refractivity contribution in [3.63, 3.8) is 0 Å².